The number of aromatic nitrogens is 3. The van der Waals surface area contributed by atoms with Gasteiger partial charge in [-0.2, -0.15) is 0 Å². The van der Waals surface area contributed by atoms with Gasteiger partial charge in [-0.25, -0.2) is 4.98 Å². The molecule has 3 aromatic heterocycles. The van der Waals surface area contributed by atoms with E-state index in [0.29, 0.717) is 12.1 Å². The first-order valence-corrected chi connectivity index (χ1v) is 8.55. The van der Waals surface area contributed by atoms with Gasteiger partial charge >= 0.3 is 0 Å². The Morgan fingerprint density at radius 3 is 2.65 bits per heavy atom. The number of hydrogen-bond acceptors (Lipinski definition) is 4. The minimum absolute atomic E-state index is 0.0342. The second-order valence-corrected chi connectivity index (χ2v) is 6.06. The van der Waals surface area contributed by atoms with E-state index in [1.54, 1.807) is 35.1 Å². The number of carbonyl (C=O) groups is 2. The maximum absolute atomic E-state index is 12.6. The zero-order valence-electron chi connectivity index (χ0n) is 14.8. The van der Waals surface area contributed by atoms with Gasteiger partial charge in [0.25, 0.3) is 11.8 Å². The van der Waals surface area contributed by atoms with Crippen molar-refractivity contribution in [2.75, 3.05) is 0 Å². The molecule has 0 saturated carbocycles. The number of rotatable bonds is 6. The number of amides is 2. The highest BCUT2D eigenvalue weighted by Gasteiger charge is 2.21. The highest BCUT2D eigenvalue weighted by molar-refractivity contribution is 6.02. The zero-order chi connectivity index (χ0) is 18.5. The minimum Gasteiger partial charge on any atom is -0.348 e. The molecule has 2 amide bonds. The summed E-state index contributed by atoms with van der Waals surface area (Å²) in [5.74, 6) is -0.439. The Bertz CT molecular complexity index is 920. The van der Waals surface area contributed by atoms with Gasteiger partial charge in [-0.05, 0) is 43.2 Å². The number of imidazole rings is 1. The number of carbonyl (C=O) groups excluding carboxylic acids is 2. The van der Waals surface area contributed by atoms with Crippen molar-refractivity contribution in [1.82, 2.24) is 25.0 Å². The van der Waals surface area contributed by atoms with E-state index in [1.807, 2.05) is 32.0 Å². The number of nitrogens with one attached hydrogen (secondary N) is 2. The lowest BCUT2D eigenvalue weighted by molar-refractivity contribution is 0.0936. The van der Waals surface area contributed by atoms with E-state index in [0.717, 1.165) is 12.0 Å². The molecule has 3 heterocycles. The number of hydrogen-bond donors (Lipinski definition) is 2. The average Bonchev–Trinajstić information content (AvgIpc) is 3.06. The van der Waals surface area contributed by atoms with E-state index in [-0.39, 0.29) is 29.4 Å². The maximum atomic E-state index is 12.6. The summed E-state index contributed by atoms with van der Waals surface area (Å²) in [5.41, 5.74) is 1.78. The lowest BCUT2D eigenvalue weighted by Crippen LogP contribution is -2.32. The second-order valence-electron chi connectivity index (χ2n) is 6.06. The largest absolute Gasteiger partial charge is 0.348 e. The standard InChI is InChI=1S/C19H21N5O2/c1-3-13(2)22-18(25)16-15-6-4-5-11-24(15)17(23-16)19(26)21-12-14-7-9-20-10-8-14/h4-11,13H,3,12H2,1-2H3,(H,21,26)(H,22,25). The van der Waals surface area contributed by atoms with Gasteiger partial charge in [-0.3, -0.25) is 19.0 Å². The molecule has 0 fully saturated rings. The Kier molecular flexibility index (Phi) is 5.26. The number of fused-ring (bicyclic) bond motifs is 1. The van der Waals surface area contributed by atoms with Crippen molar-refractivity contribution in [1.29, 1.82) is 0 Å². The molecule has 0 aliphatic rings. The summed E-state index contributed by atoms with van der Waals surface area (Å²) in [6, 6.07) is 9.08. The van der Waals surface area contributed by atoms with Gasteiger partial charge in [0.2, 0.25) is 5.82 Å². The minimum atomic E-state index is -0.342. The molecular formula is C19H21N5O2. The fraction of sp³-hybridized carbons (Fsp3) is 0.263. The first-order valence-electron chi connectivity index (χ1n) is 8.55. The van der Waals surface area contributed by atoms with E-state index < -0.39 is 0 Å². The molecule has 2 N–H and O–H groups in total. The number of nitrogens with zero attached hydrogens (tertiary/aromatic N) is 3. The van der Waals surface area contributed by atoms with E-state index in [2.05, 4.69) is 20.6 Å². The van der Waals surface area contributed by atoms with Crippen LogP contribution in [0.15, 0.2) is 48.9 Å². The van der Waals surface area contributed by atoms with Crippen molar-refractivity contribution >= 4 is 17.3 Å². The van der Waals surface area contributed by atoms with Crippen LogP contribution in [0.5, 0.6) is 0 Å². The molecule has 3 aromatic rings. The van der Waals surface area contributed by atoms with E-state index >= 15 is 0 Å². The Labute approximate surface area is 151 Å². The highest BCUT2D eigenvalue weighted by Crippen LogP contribution is 2.14. The van der Waals surface area contributed by atoms with Gasteiger partial charge in [0.15, 0.2) is 5.69 Å². The van der Waals surface area contributed by atoms with Gasteiger partial charge < -0.3 is 10.6 Å². The third-order valence-corrected chi connectivity index (χ3v) is 4.16. The molecule has 0 bridgehead atoms. The summed E-state index contributed by atoms with van der Waals surface area (Å²) in [7, 11) is 0. The van der Waals surface area contributed by atoms with Crippen molar-refractivity contribution in [3.05, 3.63) is 66.0 Å². The van der Waals surface area contributed by atoms with Crippen molar-refractivity contribution in [2.24, 2.45) is 0 Å². The van der Waals surface area contributed by atoms with Crippen LogP contribution >= 0.6 is 0 Å². The molecule has 134 valence electrons. The van der Waals surface area contributed by atoms with Crippen molar-refractivity contribution in [3.63, 3.8) is 0 Å². The molecular weight excluding hydrogens is 330 g/mol. The van der Waals surface area contributed by atoms with Crippen LogP contribution in [0.25, 0.3) is 5.52 Å². The predicted molar refractivity (Wildman–Crippen MR) is 97.8 cm³/mol. The predicted octanol–water partition coefficient (Wildman–Crippen LogP) is 2.19. The van der Waals surface area contributed by atoms with Crippen LogP contribution in [0.4, 0.5) is 0 Å². The third-order valence-electron chi connectivity index (χ3n) is 4.16. The molecule has 0 aliphatic carbocycles. The van der Waals surface area contributed by atoms with Crippen molar-refractivity contribution in [3.8, 4) is 0 Å². The smallest absolute Gasteiger partial charge is 0.287 e. The third kappa shape index (κ3) is 3.72. The quantitative estimate of drug-likeness (QED) is 0.712. The van der Waals surface area contributed by atoms with Crippen LogP contribution in [-0.4, -0.2) is 32.2 Å². The number of pyridine rings is 2. The Morgan fingerprint density at radius 2 is 1.92 bits per heavy atom. The van der Waals surface area contributed by atoms with E-state index in [9.17, 15) is 9.59 Å². The average molecular weight is 351 g/mol. The monoisotopic (exact) mass is 351 g/mol. The Morgan fingerprint density at radius 1 is 1.15 bits per heavy atom. The van der Waals surface area contributed by atoms with Gasteiger partial charge in [0.05, 0.1) is 5.52 Å². The fourth-order valence-electron chi connectivity index (χ4n) is 2.52. The summed E-state index contributed by atoms with van der Waals surface area (Å²) >= 11 is 0. The zero-order valence-corrected chi connectivity index (χ0v) is 14.8. The van der Waals surface area contributed by atoms with Crippen molar-refractivity contribution in [2.45, 2.75) is 32.9 Å². The maximum Gasteiger partial charge on any atom is 0.287 e. The molecule has 0 saturated heterocycles. The van der Waals surface area contributed by atoms with Gasteiger partial charge in [0, 0.05) is 31.2 Å². The lowest BCUT2D eigenvalue weighted by atomic mass is 10.2. The highest BCUT2D eigenvalue weighted by atomic mass is 16.2. The summed E-state index contributed by atoms with van der Waals surface area (Å²) in [5, 5.41) is 5.72. The van der Waals surface area contributed by atoms with Gasteiger partial charge in [-0.1, -0.05) is 13.0 Å². The first-order chi connectivity index (χ1) is 12.6. The summed E-state index contributed by atoms with van der Waals surface area (Å²) in [6.45, 7) is 4.28. The lowest BCUT2D eigenvalue weighted by Gasteiger charge is -2.09. The Balaban J connectivity index is 1.86. The van der Waals surface area contributed by atoms with Gasteiger partial charge in [0.1, 0.15) is 0 Å². The summed E-state index contributed by atoms with van der Waals surface area (Å²) in [4.78, 5) is 33.4. The topological polar surface area (TPSA) is 88.4 Å². The van der Waals surface area contributed by atoms with Crippen LogP contribution in [-0.2, 0) is 6.54 Å². The molecule has 1 unspecified atom stereocenters. The molecule has 1 atom stereocenters. The van der Waals surface area contributed by atoms with Crippen LogP contribution in [0.2, 0.25) is 0 Å². The van der Waals surface area contributed by atoms with E-state index in [4.69, 9.17) is 0 Å². The second kappa shape index (κ2) is 7.77. The SMILES string of the molecule is CCC(C)NC(=O)c1nc(C(=O)NCc2ccncc2)n2ccccc12. The molecule has 26 heavy (non-hydrogen) atoms. The fourth-order valence-corrected chi connectivity index (χ4v) is 2.52. The molecule has 7 heteroatoms. The molecule has 7 nitrogen and oxygen atoms in total. The Hall–Kier alpha value is -3.22. The first kappa shape index (κ1) is 17.6. The molecule has 0 radical (unpaired) electrons. The summed E-state index contributed by atoms with van der Waals surface area (Å²) in [6.07, 6.45) is 5.88. The molecule has 0 aromatic carbocycles. The molecule has 0 aliphatic heterocycles. The van der Waals surface area contributed by atoms with Crippen LogP contribution in [0, 0.1) is 0 Å². The molecule has 3 rings (SSSR count). The molecule has 0 spiro atoms. The van der Waals surface area contributed by atoms with E-state index in [1.165, 1.54) is 0 Å². The summed E-state index contributed by atoms with van der Waals surface area (Å²) < 4.78 is 1.63. The van der Waals surface area contributed by atoms with Crippen LogP contribution in [0.1, 0.15) is 46.9 Å². The van der Waals surface area contributed by atoms with Gasteiger partial charge in [-0.15, -0.1) is 0 Å². The van der Waals surface area contributed by atoms with Crippen LogP contribution < -0.4 is 10.6 Å². The normalized spacial score (nSPS) is 11.9. The van der Waals surface area contributed by atoms with Crippen molar-refractivity contribution < 1.29 is 9.59 Å². The van der Waals surface area contributed by atoms with Crippen LogP contribution in [0.3, 0.4) is 0 Å².